The summed E-state index contributed by atoms with van der Waals surface area (Å²) in [6, 6.07) is 0. The standard InChI is InChI=1S/2NO3.H2O.Pb/c2*2-1(3)4;;/h;;1H2;/q2*-1;;+2. The van der Waals surface area contributed by atoms with Crippen LogP contribution in [0.15, 0.2) is 0 Å². The normalized spacial score (nSPS) is 7.20. The van der Waals surface area contributed by atoms with E-state index in [9.17, 15) is 20.2 Å². The monoisotopic (exact) mass is 350 g/mol. The van der Waals surface area contributed by atoms with Crippen molar-refractivity contribution in [1.82, 2.24) is 0 Å². The molecule has 0 saturated carbocycles. The van der Waals surface area contributed by atoms with Gasteiger partial charge in [-0.2, -0.15) is 0 Å². The molecular weight excluding hydrogens is 347 g/mol. The Balaban J connectivity index is 0. The van der Waals surface area contributed by atoms with Crippen LogP contribution in [0.5, 0.6) is 0 Å². The van der Waals surface area contributed by atoms with Crippen molar-refractivity contribution in [3.05, 3.63) is 20.2 Å². The zero-order valence-electron chi connectivity index (χ0n) is 4.34. The van der Waals surface area contributed by atoms with E-state index in [0.29, 0.717) is 0 Å². The molecule has 0 fully saturated rings. The molecule has 9 nitrogen and oxygen atoms in total. The molecule has 10 heteroatoms. The first kappa shape index (κ1) is 12.0. The summed E-state index contributed by atoms with van der Waals surface area (Å²) in [5.74, 6) is 0. The van der Waals surface area contributed by atoms with Gasteiger partial charge < -0.3 is 5.48 Å². The maximum atomic E-state index is 9.31. The molecule has 0 amide bonds. The Morgan fingerprint density at radius 1 is 1.10 bits per heavy atom. The van der Waals surface area contributed by atoms with Crippen LogP contribution in [0.1, 0.15) is 0 Å². The van der Waals surface area contributed by atoms with Crippen molar-refractivity contribution in [2.24, 2.45) is 0 Å². The number of hydrogen-bond acceptors (Lipinski definition) is 6. The first-order valence-corrected chi connectivity index (χ1v) is 4.68. The van der Waals surface area contributed by atoms with Gasteiger partial charge in [-0.05, 0) is 0 Å². The summed E-state index contributed by atoms with van der Waals surface area (Å²) in [4.78, 5) is 18.6. The third-order valence-corrected chi connectivity index (χ3v) is 1.96. The van der Waals surface area contributed by atoms with Gasteiger partial charge in [-0.1, -0.05) is 0 Å². The van der Waals surface area contributed by atoms with E-state index in [1.807, 2.05) is 0 Å². The molecule has 0 spiro atoms. The third kappa shape index (κ3) is 10.3. The molecule has 2 N–H and O–H groups in total. The van der Waals surface area contributed by atoms with Crippen LogP contribution in [-0.4, -0.2) is 40.8 Å². The van der Waals surface area contributed by atoms with E-state index in [-0.39, 0.29) is 5.48 Å². The van der Waals surface area contributed by atoms with E-state index >= 15 is 0 Å². The predicted molar refractivity (Wildman–Crippen MR) is 25.5 cm³/mol. The maximum absolute atomic E-state index is 9.31. The average molecular weight is 349 g/mol. The molecule has 0 rings (SSSR count). The minimum atomic E-state index is -2.52. The van der Waals surface area contributed by atoms with Crippen LogP contribution in [0.4, 0.5) is 0 Å². The zero-order chi connectivity index (χ0) is 7.28. The Hall–Kier alpha value is -0.718. The van der Waals surface area contributed by atoms with Gasteiger partial charge >= 0.3 is 61.1 Å². The van der Waals surface area contributed by atoms with Crippen LogP contribution < -0.4 is 0 Å². The summed E-state index contributed by atoms with van der Waals surface area (Å²) in [7, 11) is 0. The second kappa shape index (κ2) is 6.40. The van der Waals surface area contributed by atoms with Gasteiger partial charge in [0.1, 0.15) is 0 Å². The second-order valence-corrected chi connectivity index (χ2v) is 2.78. The summed E-state index contributed by atoms with van der Waals surface area (Å²) in [5, 5.41) is 16.4. The van der Waals surface area contributed by atoms with E-state index in [4.69, 9.17) is 0 Å². The van der Waals surface area contributed by atoms with E-state index in [2.05, 4.69) is 5.58 Å². The summed E-state index contributed by atoms with van der Waals surface area (Å²) < 4.78 is 7.21. The predicted octanol–water partition coefficient (Wildman–Crippen LogP) is -1.89. The third-order valence-electron chi connectivity index (χ3n) is 0.224. The molecule has 0 aliphatic heterocycles. The molecule has 0 unspecified atom stereocenters. The van der Waals surface area contributed by atoms with Crippen molar-refractivity contribution in [2.45, 2.75) is 0 Å². The fraction of sp³-hybridized carbons (Fsp3) is 0. The Morgan fingerprint density at radius 3 is 1.60 bits per heavy atom. The minimum absolute atomic E-state index is 0. The van der Waals surface area contributed by atoms with Crippen molar-refractivity contribution in [1.29, 1.82) is 0 Å². The average Bonchev–Trinajstić information content (AvgIpc) is 1.63. The first-order chi connectivity index (χ1) is 4.13. The van der Waals surface area contributed by atoms with Crippen LogP contribution in [0, 0.1) is 20.2 Å². The van der Waals surface area contributed by atoms with E-state index in [1.165, 1.54) is 0 Å². The van der Waals surface area contributed by atoms with Crippen LogP contribution >= 0.6 is 0 Å². The summed E-state index contributed by atoms with van der Waals surface area (Å²) in [6.45, 7) is 0. The molecule has 2 radical (unpaired) electrons. The van der Waals surface area contributed by atoms with Gasteiger partial charge in [0.05, 0.1) is 0 Å². The van der Waals surface area contributed by atoms with Crippen molar-refractivity contribution in [2.75, 3.05) is 0 Å². The van der Waals surface area contributed by atoms with Crippen LogP contribution in [0.3, 0.4) is 0 Å². The first-order valence-electron chi connectivity index (χ1n) is 1.50. The molecule has 58 valence electrons. The summed E-state index contributed by atoms with van der Waals surface area (Å²) >= 11 is -2.52. The van der Waals surface area contributed by atoms with Gasteiger partial charge in [-0.25, -0.2) is 0 Å². The summed E-state index contributed by atoms with van der Waals surface area (Å²) in [5.41, 5.74) is 0. The summed E-state index contributed by atoms with van der Waals surface area (Å²) in [6.07, 6.45) is 0. The van der Waals surface area contributed by atoms with E-state index in [1.54, 1.807) is 0 Å². The molecule has 0 heterocycles. The number of nitrogens with zero attached hydrogens (tertiary/aromatic N) is 2. The molecule has 0 aliphatic rings. The Morgan fingerprint density at radius 2 is 1.40 bits per heavy atom. The second-order valence-electron chi connectivity index (χ2n) is 0.713. The van der Waals surface area contributed by atoms with Gasteiger partial charge in [0.15, 0.2) is 0 Å². The number of rotatable bonds is 4. The quantitative estimate of drug-likeness (QED) is 0.331. The Labute approximate surface area is 66.9 Å². The van der Waals surface area contributed by atoms with Gasteiger partial charge in [0.25, 0.3) is 0 Å². The molecule has 0 aliphatic carbocycles. The topological polar surface area (TPSA) is 136 Å². The molecule has 0 atom stereocenters. The van der Waals surface area contributed by atoms with Gasteiger partial charge in [-0.3, -0.25) is 0 Å². The zero-order valence-corrected chi connectivity index (χ0v) is 8.23. The van der Waals surface area contributed by atoms with Gasteiger partial charge in [-0.15, -0.1) is 0 Å². The molecule has 0 aromatic heterocycles. The molecule has 0 aromatic carbocycles. The van der Waals surface area contributed by atoms with E-state index in [0.717, 1.165) is 0 Å². The van der Waals surface area contributed by atoms with Crippen molar-refractivity contribution >= 4 is 25.1 Å². The Kier molecular flexibility index (Phi) is 7.69. The fourth-order valence-corrected chi connectivity index (χ4v) is 0.680. The molecular formula is H2N2O7Pb. The van der Waals surface area contributed by atoms with Crippen molar-refractivity contribution in [3.8, 4) is 0 Å². The molecule has 10 heavy (non-hydrogen) atoms. The SMILES string of the molecule is O.O=[N+]([O-])[O][Pb][O][N+](=O)[O-]. The van der Waals surface area contributed by atoms with Gasteiger partial charge in [0, 0.05) is 0 Å². The van der Waals surface area contributed by atoms with Crippen molar-refractivity contribution < 1.29 is 21.2 Å². The fourth-order valence-electron chi connectivity index (χ4n) is 0.0775. The number of hydrogen-bond donors (Lipinski definition) is 0. The van der Waals surface area contributed by atoms with Crippen LogP contribution in [0.2, 0.25) is 0 Å². The molecule has 0 aromatic rings. The van der Waals surface area contributed by atoms with E-state index < -0.39 is 35.3 Å². The van der Waals surface area contributed by atoms with Crippen LogP contribution in [0.25, 0.3) is 0 Å². The Bertz CT molecular complexity index is 107. The van der Waals surface area contributed by atoms with Crippen LogP contribution in [-0.2, 0) is 5.58 Å². The van der Waals surface area contributed by atoms with Crippen molar-refractivity contribution in [3.63, 3.8) is 0 Å². The van der Waals surface area contributed by atoms with Gasteiger partial charge in [0.2, 0.25) is 0 Å². The molecule has 0 saturated heterocycles. The molecule has 0 bridgehead atoms.